The van der Waals surface area contributed by atoms with Gasteiger partial charge < -0.3 is 5.32 Å². The third-order valence-corrected chi connectivity index (χ3v) is 1.48. The number of nitriles is 2. The Hall–Kier alpha value is -1.55. The first-order valence-corrected chi connectivity index (χ1v) is 4.01. The Morgan fingerprint density at radius 3 is 2.46 bits per heavy atom. The summed E-state index contributed by atoms with van der Waals surface area (Å²) in [6, 6.07) is 3.41. The summed E-state index contributed by atoms with van der Waals surface area (Å²) in [7, 11) is 0. The molecule has 0 fully saturated rings. The van der Waals surface area contributed by atoms with Crippen LogP contribution in [0.1, 0.15) is 27.2 Å². The number of hydrogen-bond acceptors (Lipinski definition) is 3. The van der Waals surface area contributed by atoms with Crippen LogP contribution in [0.25, 0.3) is 0 Å². The molecule has 70 valence electrons. The SMILES string of the molecule is C[C@H](C#N)NC(=O)CC(C)(C)C#N. The Morgan fingerprint density at radius 1 is 1.54 bits per heavy atom. The minimum atomic E-state index is -0.667. The lowest BCUT2D eigenvalue weighted by molar-refractivity contribution is -0.122. The van der Waals surface area contributed by atoms with Crippen molar-refractivity contribution in [2.45, 2.75) is 33.2 Å². The predicted octanol–water partition coefficient (Wildman–Crippen LogP) is 0.955. The van der Waals surface area contributed by atoms with E-state index in [0.717, 1.165) is 0 Å². The van der Waals surface area contributed by atoms with Crippen molar-refractivity contribution in [1.29, 1.82) is 10.5 Å². The van der Waals surface area contributed by atoms with Crippen LogP contribution in [0.5, 0.6) is 0 Å². The van der Waals surface area contributed by atoms with E-state index in [-0.39, 0.29) is 12.3 Å². The monoisotopic (exact) mass is 179 g/mol. The maximum atomic E-state index is 11.2. The maximum absolute atomic E-state index is 11.2. The second-order valence-electron chi connectivity index (χ2n) is 3.59. The van der Waals surface area contributed by atoms with Gasteiger partial charge in [-0.3, -0.25) is 4.79 Å². The smallest absolute Gasteiger partial charge is 0.222 e. The minimum absolute atomic E-state index is 0.121. The zero-order chi connectivity index (χ0) is 10.5. The van der Waals surface area contributed by atoms with Gasteiger partial charge in [0.05, 0.1) is 17.6 Å². The van der Waals surface area contributed by atoms with Gasteiger partial charge in [-0.2, -0.15) is 10.5 Å². The third kappa shape index (κ3) is 4.81. The molecule has 4 heteroatoms. The molecule has 0 aliphatic carbocycles. The highest BCUT2D eigenvalue weighted by Crippen LogP contribution is 2.17. The van der Waals surface area contributed by atoms with E-state index in [1.807, 2.05) is 12.1 Å². The molecule has 0 saturated heterocycles. The molecule has 0 radical (unpaired) electrons. The first kappa shape index (κ1) is 11.4. The van der Waals surface area contributed by atoms with Gasteiger partial charge in [-0.25, -0.2) is 0 Å². The van der Waals surface area contributed by atoms with E-state index in [9.17, 15) is 4.79 Å². The Labute approximate surface area is 78.2 Å². The normalized spacial score (nSPS) is 12.4. The number of hydrogen-bond donors (Lipinski definition) is 1. The van der Waals surface area contributed by atoms with E-state index < -0.39 is 11.5 Å². The molecule has 0 aromatic heterocycles. The van der Waals surface area contributed by atoms with Crippen molar-refractivity contribution >= 4 is 5.91 Å². The van der Waals surface area contributed by atoms with E-state index in [2.05, 4.69) is 5.32 Å². The molecule has 0 aliphatic rings. The Balaban J connectivity index is 4.06. The fourth-order valence-corrected chi connectivity index (χ4v) is 0.766. The number of amides is 1. The molecule has 1 atom stereocenters. The van der Waals surface area contributed by atoms with E-state index in [1.165, 1.54) is 0 Å². The molecule has 13 heavy (non-hydrogen) atoms. The van der Waals surface area contributed by atoms with Crippen molar-refractivity contribution in [3.8, 4) is 12.1 Å². The Bertz CT molecular complexity index is 270. The molecular weight excluding hydrogens is 166 g/mol. The molecule has 0 spiro atoms. The minimum Gasteiger partial charge on any atom is -0.341 e. The zero-order valence-corrected chi connectivity index (χ0v) is 8.09. The van der Waals surface area contributed by atoms with Crippen molar-refractivity contribution in [2.24, 2.45) is 5.41 Å². The fourth-order valence-electron chi connectivity index (χ4n) is 0.766. The van der Waals surface area contributed by atoms with Crippen LogP contribution in [0.4, 0.5) is 0 Å². The molecule has 4 nitrogen and oxygen atoms in total. The molecule has 0 rings (SSSR count). The van der Waals surface area contributed by atoms with Crippen molar-refractivity contribution in [3.05, 3.63) is 0 Å². The first-order chi connectivity index (χ1) is 5.91. The second kappa shape index (κ2) is 4.47. The van der Waals surface area contributed by atoms with Crippen molar-refractivity contribution in [1.82, 2.24) is 5.32 Å². The summed E-state index contributed by atoms with van der Waals surface area (Å²) in [5.74, 6) is -0.263. The molecule has 0 unspecified atom stereocenters. The number of nitrogens with one attached hydrogen (secondary N) is 1. The van der Waals surface area contributed by atoms with Gasteiger partial charge >= 0.3 is 0 Å². The van der Waals surface area contributed by atoms with Gasteiger partial charge in [-0.1, -0.05) is 0 Å². The third-order valence-electron chi connectivity index (χ3n) is 1.48. The van der Waals surface area contributed by atoms with E-state index in [1.54, 1.807) is 20.8 Å². The lowest BCUT2D eigenvalue weighted by atomic mass is 9.91. The molecule has 0 aliphatic heterocycles. The van der Waals surface area contributed by atoms with Crippen molar-refractivity contribution in [2.75, 3.05) is 0 Å². The molecule has 1 amide bonds. The standard InChI is InChI=1S/C9H13N3O/c1-7(5-10)12-8(13)4-9(2,3)6-11/h7H,4H2,1-3H3,(H,12,13)/t7-/m1/s1. The van der Waals surface area contributed by atoms with Crippen molar-refractivity contribution in [3.63, 3.8) is 0 Å². The van der Waals surface area contributed by atoms with Crippen LogP contribution in [0, 0.1) is 28.1 Å². The summed E-state index contributed by atoms with van der Waals surface area (Å²) >= 11 is 0. The molecule has 0 saturated carbocycles. The van der Waals surface area contributed by atoms with Gasteiger partial charge in [-0.15, -0.1) is 0 Å². The van der Waals surface area contributed by atoms with Gasteiger partial charge in [0.15, 0.2) is 0 Å². The molecule has 1 N–H and O–H groups in total. The number of carbonyl (C=O) groups excluding carboxylic acids is 1. The van der Waals surface area contributed by atoms with Crippen LogP contribution < -0.4 is 5.32 Å². The van der Waals surface area contributed by atoms with Gasteiger partial charge in [0.1, 0.15) is 6.04 Å². The van der Waals surface area contributed by atoms with E-state index in [0.29, 0.717) is 0 Å². The van der Waals surface area contributed by atoms with Crippen LogP contribution in [-0.2, 0) is 4.79 Å². The molecule has 0 aromatic rings. The Kier molecular flexibility index (Phi) is 3.94. The molecular formula is C9H13N3O. The topological polar surface area (TPSA) is 76.7 Å². The summed E-state index contributed by atoms with van der Waals surface area (Å²) < 4.78 is 0. The summed E-state index contributed by atoms with van der Waals surface area (Å²) in [6.45, 7) is 4.96. The fraction of sp³-hybridized carbons (Fsp3) is 0.667. The van der Waals surface area contributed by atoms with Crippen molar-refractivity contribution < 1.29 is 4.79 Å². The summed E-state index contributed by atoms with van der Waals surface area (Å²) in [5, 5.41) is 19.5. The average Bonchev–Trinajstić information content (AvgIpc) is 2.03. The van der Waals surface area contributed by atoms with Crippen LogP contribution in [0.15, 0.2) is 0 Å². The van der Waals surface area contributed by atoms with Gasteiger partial charge in [0.2, 0.25) is 5.91 Å². The average molecular weight is 179 g/mol. The first-order valence-electron chi connectivity index (χ1n) is 4.01. The van der Waals surface area contributed by atoms with Crippen LogP contribution in [0.3, 0.4) is 0 Å². The molecule has 0 aromatic carbocycles. The maximum Gasteiger partial charge on any atom is 0.222 e. The summed E-state index contributed by atoms with van der Waals surface area (Å²) in [4.78, 5) is 11.2. The van der Waals surface area contributed by atoms with Gasteiger partial charge in [0.25, 0.3) is 0 Å². The number of nitrogens with zero attached hydrogens (tertiary/aromatic N) is 2. The second-order valence-corrected chi connectivity index (χ2v) is 3.59. The summed E-state index contributed by atoms with van der Waals surface area (Å²) in [6.07, 6.45) is 0.121. The number of rotatable bonds is 3. The lowest BCUT2D eigenvalue weighted by Crippen LogP contribution is -2.34. The van der Waals surface area contributed by atoms with Crippen LogP contribution in [-0.4, -0.2) is 11.9 Å². The highest BCUT2D eigenvalue weighted by molar-refractivity contribution is 5.77. The highest BCUT2D eigenvalue weighted by Gasteiger charge is 2.21. The van der Waals surface area contributed by atoms with Gasteiger partial charge in [-0.05, 0) is 20.8 Å². The van der Waals surface area contributed by atoms with Crippen LogP contribution >= 0.6 is 0 Å². The molecule has 0 bridgehead atoms. The highest BCUT2D eigenvalue weighted by atomic mass is 16.1. The van der Waals surface area contributed by atoms with Crippen LogP contribution in [0.2, 0.25) is 0 Å². The molecule has 0 heterocycles. The lowest BCUT2D eigenvalue weighted by Gasteiger charge is -2.14. The van der Waals surface area contributed by atoms with Gasteiger partial charge in [0, 0.05) is 6.42 Å². The van der Waals surface area contributed by atoms with E-state index >= 15 is 0 Å². The largest absolute Gasteiger partial charge is 0.341 e. The zero-order valence-electron chi connectivity index (χ0n) is 8.09. The quantitative estimate of drug-likeness (QED) is 0.700. The Morgan fingerprint density at radius 2 is 2.08 bits per heavy atom. The number of carbonyl (C=O) groups is 1. The van der Waals surface area contributed by atoms with E-state index in [4.69, 9.17) is 10.5 Å². The predicted molar refractivity (Wildman–Crippen MR) is 47.2 cm³/mol. The summed E-state index contributed by atoms with van der Waals surface area (Å²) in [5.41, 5.74) is -0.667.